The summed E-state index contributed by atoms with van der Waals surface area (Å²) in [6, 6.07) is 5.59. The Kier molecular flexibility index (Phi) is 4.15. The lowest BCUT2D eigenvalue weighted by molar-refractivity contribution is -0.126. The van der Waals surface area contributed by atoms with E-state index < -0.39 is 0 Å². The summed E-state index contributed by atoms with van der Waals surface area (Å²) < 4.78 is 0. The lowest BCUT2D eigenvalue weighted by Gasteiger charge is -2.35. The van der Waals surface area contributed by atoms with E-state index in [1.54, 1.807) is 11.0 Å². The zero-order chi connectivity index (χ0) is 13.1. The second-order valence-electron chi connectivity index (χ2n) is 4.11. The van der Waals surface area contributed by atoms with Gasteiger partial charge in [-0.2, -0.15) is 0 Å². The molecular weight excluding hydrogens is 271 g/mol. The van der Waals surface area contributed by atoms with Gasteiger partial charge in [-0.05, 0) is 24.3 Å². The smallest absolute Gasteiger partial charge is 0.246 e. The highest BCUT2D eigenvalue weighted by Crippen LogP contribution is 2.27. The average molecular weight is 285 g/mol. The molecule has 0 aliphatic carbocycles. The van der Waals surface area contributed by atoms with E-state index >= 15 is 0 Å². The number of amides is 1. The van der Waals surface area contributed by atoms with E-state index in [1.165, 1.54) is 6.08 Å². The van der Waals surface area contributed by atoms with Gasteiger partial charge in [0.25, 0.3) is 0 Å². The molecule has 0 N–H and O–H groups in total. The van der Waals surface area contributed by atoms with Gasteiger partial charge in [0.15, 0.2) is 0 Å². The van der Waals surface area contributed by atoms with Crippen LogP contribution in [-0.2, 0) is 4.79 Å². The van der Waals surface area contributed by atoms with E-state index in [9.17, 15) is 4.79 Å². The van der Waals surface area contributed by atoms with E-state index in [1.807, 2.05) is 12.1 Å². The van der Waals surface area contributed by atoms with Gasteiger partial charge in [-0.1, -0.05) is 29.8 Å². The van der Waals surface area contributed by atoms with E-state index in [-0.39, 0.29) is 5.91 Å². The Bertz CT molecular complexity index is 468. The van der Waals surface area contributed by atoms with Crippen LogP contribution in [0.5, 0.6) is 0 Å². The van der Waals surface area contributed by atoms with E-state index in [2.05, 4.69) is 11.5 Å². The zero-order valence-electron chi connectivity index (χ0n) is 9.90. The molecule has 0 unspecified atom stereocenters. The summed E-state index contributed by atoms with van der Waals surface area (Å²) in [7, 11) is 0. The molecule has 1 fully saturated rings. The van der Waals surface area contributed by atoms with Crippen LogP contribution in [0.3, 0.4) is 0 Å². The monoisotopic (exact) mass is 284 g/mol. The van der Waals surface area contributed by atoms with E-state index in [4.69, 9.17) is 23.2 Å². The summed E-state index contributed by atoms with van der Waals surface area (Å²) in [6.07, 6.45) is 1.36. The van der Waals surface area contributed by atoms with Crippen LogP contribution in [0.2, 0.25) is 10.0 Å². The Morgan fingerprint density at radius 2 is 1.83 bits per heavy atom. The highest BCUT2D eigenvalue weighted by atomic mass is 35.5. The highest BCUT2D eigenvalue weighted by Gasteiger charge is 2.19. The maximum Gasteiger partial charge on any atom is 0.246 e. The average Bonchev–Trinajstić information content (AvgIpc) is 2.41. The van der Waals surface area contributed by atoms with Gasteiger partial charge in [0, 0.05) is 31.9 Å². The third kappa shape index (κ3) is 2.79. The topological polar surface area (TPSA) is 23.6 Å². The fourth-order valence-electron chi connectivity index (χ4n) is 2.00. The number of anilines is 1. The quantitative estimate of drug-likeness (QED) is 0.780. The molecule has 5 heteroatoms. The fraction of sp³-hybridized carbons (Fsp3) is 0.308. The summed E-state index contributed by atoms with van der Waals surface area (Å²) in [4.78, 5) is 15.4. The van der Waals surface area contributed by atoms with Crippen LogP contribution in [0.25, 0.3) is 0 Å². The molecule has 1 amide bonds. The summed E-state index contributed by atoms with van der Waals surface area (Å²) >= 11 is 11.9. The number of carbonyl (C=O) groups is 1. The standard InChI is InChI=1S/C13H14Cl2N2O/c1-2-13(18)17-7-5-16(6-8-17)10-3-4-11(14)12(15)9-10/h2-4,9H,1,5-8H2. The SMILES string of the molecule is C=CC(=O)N1CCN(c2ccc(Cl)c(Cl)c2)CC1. The molecule has 1 aliphatic heterocycles. The van der Waals surface area contributed by atoms with Gasteiger partial charge in [-0.25, -0.2) is 0 Å². The maximum absolute atomic E-state index is 11.5. The first-order valence-corrected chi connectivity index (χ1v) is 6.49. The number of carbonyl (C=O) groups excluding carboxylic acids is 1. The summed E-state index contributed by atoms with van der Waals surface area (Å²) in [5, 5.41) is 1.11. The van der Waals surface area contributed by atoms with Gasteiger partial charge in [-0.15, -0.1) is 0 Å². The molecule has 0 aromatic heterocycles. The second-order valence-corrected chi connectivity index (χ2v) is 4.93. The molecule has 2 rings (SSSR count). The van der Waals surface area contributed by atoms with Crippen molar-refractivity contribution >= 4 is 34.8 Å². The molecule has 0 bridgehead atoms. The van der Waals surface area contributed by atoms with Crippen molar-refractivity contribution < 1.29 is 4.79 Å². The number of hydrogen-bond donors (Lipinski definition) is 0. The van der Waals surface area contributed by atoms with Crippen LogP contribution >= 0.6 is 23.2 Å². The van der Waals surface area contributed by atoms with Gasteiger partial charge in [0.2, 0.25) is 5.91 Å². The van der Waals surface area contributed by atoms with E-state index in [0.29, 0.717) is 23.1 Å². The zero-order valence-corrected chi connectivity index (χ0v) is 11.4. The van der Waals surface area contributed by atoms with Gasteiger partial charge >= 0.3 is 0 Å². The Morgan fingerprint density at radius 3 is 2.39 bits per heavy atom. The van der Waals surface area contributed by atoms with Gasteiger partial charge in [0.1, 0.15) is 0 Å². The molecule has 1 saturated heterocycles. The molecular formula is C13H14Cl2N2O. The lowest BCUT2D eigenvalue weighted by Crippen LogP contribution is -2.48. The fourth-order valence-corrected chi connectivity index (χ4v) is 2.29. The molecule has 1 aliphatic rings. The first kappa shape index (κ1) is 13.2. The Hall–Kier alpha value is -1.19. The predicted octanol–water partition coefficient (Wildman–Crippen LogP) is 2.83. The van der Waals surface area contributed by atoms with Crippen LogP contribution in [0.4, 0.5) is 5.69 Å². The van der Waals surface area contributed by atoms with Crippen LogP contribution in [0, 0.1) is 0 Å². The minimum absolute atomic E-state index is 0.0104. The molecule has 0 radical (unpaired) electrons. The molecule has 0 atom stereocenters. The van der Waals surface area contributed by atoms with E-state index in [0.717, 1.165) is 18.8 Å². The Balaban J connectivity index is 2.03. The molecule has 18 heavy (non-hydrogen) atoms. The van der Waals surface area contributed by atoms with Gasteiger partial charge in [-0.3, -0.25) is 4.79 Å². The maximum atomic E-state index is 11.5. The van der Waals surface area contributed by atoms with Gasteiger partial charge in [0.05, 0.1) is 10.0 Å². The lowest BCUT2D eigenvalue weighted by atomic mass is 10.2. The number of halogens is 2. The molecule has 1 aromatic rings. The third-order valence-corrected chi connectivity index (χ3v) is 3.77. The molecule has 0 spiro atoms. The Labute approximate surface area is 117 Å². The molecule has 96 valence electrons. The molecule has 0 saturated carbocycles. The summed E-state index contributed by atoms with van der Waals surface area (Å²) in [5.41, 5.74) is 1.04. The largest absolute Gasteiger partial charge is 0.368 e. The van der Waals surface area contributed by atoms with Crippen LogP contribution in [-0.4, -0.2) is 37.0 Å². The summed E-state index contributed by atoms with van der Waals surface area (Å²) in [6.45, 7) is 6.47. The number of hydrogen-bond acceptors (Lipinski definition) is 2. The second kappa shape index (κ2) is 5.63. The third-order valence-electron chi connectivity index (χ3n) is 3.03. The molecule has 1 heterocycles. The van der Waals surface area contributed by atoms with Crippen molar-refractivity contribution in [2.45, 2.75) is 0 Å². The van der Waals surface area contributed by atoms with Crippen LogP contribution < -0.4 is 4.90 Å². The minimum Gasteiger partial charge on any atom is -0.368 e. The number of nitrogens with zero attached hydrogens (tertiary/aromatic N) is 2. The number of benzene rings is 1. The van der Waals surface area contributed by atoms with Crippen LogP contribution in [0.1, 0.15) is 0 Å². The highest BCUT2D eigenvalue weighted by molar-refractivity contribution is 6.42. The van der Waals surface area contributed by atoms with Crippen molar-refractivity contribution in [3.63, 3.8) is 0 Å². The predicted molar refractivity (Wildman–Crippen MR) is 75.5 cm³/mol. The van der Waals surface area contributed by atoms with Crippen molar-refractivity contribution in [1.82, 2.24) is 4.90 Å². The van der Waals surface area contributed by atoms with Crippen molar-refractivity contribution in [1.29, 1.82) is 0 Å². The van der Waals surface area contributed by atoms with Crippen molar-refractivity contribution in [3.05, 3.63) is 40.9 Å². The van der Waals surface area contributed by atoms with Crippen LogP contribution in [0.15, 0.2) is 30.9 Å². The minimum atomic E-state index is -0.0104. The van der Waals surface area contributed by atoms with Crippen molar-refractivity contribution in [3.8, 4) is 0 Å². The number of piperazine rings is 1. The first-order chi connectivity index (χ1) is 8.61. The molecule has 1 aromatic carbocycles. The van der Waals surface area contributed by atoms with Crippen molar-refractivity contribution in [2.75, 3.05) is 31.1 Å². The van der Waals surface area contributed by atoms with Gasteiger partial charge < -0.3 is 9.80 Å². The van der Waals surface area contributed by atoms with Crippen molar-refractivity contribution in [2.24, 2.45) is 0 Å². The molecule has 3 nitrogen and oxygen atoms in total. The Morgan fingerprint density at radius 1 is 1.17 bits per heavy atom. The normalized spacial score (nSPS) is 15.7. The number of rotatable bonds is 2. The first-order valence-electron chi connectivity index (χ1n) is 5.73. The summed E-state index contributed by atoms with van der Waals surface area (Å²) in [5.74, 6) is -0.0104.